The van der Waals surface area contributed by atoms with Crippen molar-refractivity contribution >= 4 is 34.0 Å². The van der Waals surface area contributed by atoms with Crippen molar-refractivity contribution in [2.75, 3.05) is 17.2 Å². The Morgan fingerprint density at radius 2 is 1.50 bits per heavy atom. The molecule has 0 aliphatic rings. The average molecular weight is 425 g/mol. The molecule has 2 amide bonds. The third-order valence-corrected chi connectivity index (χ3v) is 5.30. The number of hydrogen-bond donors (Lipinski definition) is 2. The number of ether oxygens (including phenoxy) is 1. The zero-order valence-corrected chi connectivity index (χ0v) is 18.0. The van der Waals surface area contributed by atoms with Crippen LogP contribution in [0.2, 0.25) is 0 Å². The van der Waals surface area contributed by atoms with Gasteiger partial charge in [0.2, 0.25) is 0 Å². The first-order valence-corrected chi connectivity index (χ1v) is 10.4. The number of aryl methyl sites for hydroxylation is 2. The van der Waals surface area contributed by atoms with E-state index in [9.17, 15) is 9.59 Å². The fraction of sp³-hybridized carbons (Fsp3) is 0.111. The quantitative estimate of drug-likeness (QED) is 0.416. The minimum atomic E-state index is -0.343. The Morgan fingerprint density at radius 1 is 0.750 bits per heavy atom. The molecule has 0 saturated heterocycles. The molecule has 32 heavy (non-hydrogen) atoms. The molecule has 0 fully saturated rings. The van der Waals surface area contributed by atoms with E-state index in [1.54, 1.807) is 24.3 Å². The Morgan fingerprint density at radius 3 is 2.31 bits per heavy atom. The van der Waals surface area contributed by atoms with Gasteiger partial charge in [0.05, 0.1) is 11.3 Å². The zero-order chi connectivity index (χ0) is 22.5. The molecule has 0 heterocycles. The van der Waals surface area contributed by atoms with E-state index >= 15 is 0 Å². The summed E-state index contributed by atoms with van der Waals surface area (Å²) >= 11 is 0. The van der Waals surface area contributed by atoms with Crippen LogP contribution in [0, 0.1) is 13.8 Å². The van der Waals surface area contributed by atoms with Gasteiger partial charge in [-0.1, -0.05) is 48.5 Å². The maximum absolute atomic E-state index is 12.8. The molecule has 4 aromatic carbocycles. The second kappa shape index (κ2) is 9.35. The van der Waals surface area contributed by atoms with E-state index in [1.807, 2.05) is 74.5 Å². The number of hydrogen-bond acceptors (Lipinski definition) is 3. The third kappa shape index (κ3) is 4.95. The van der Waals surface area contributed by atoms with E-state index in [0.29, 0.717) is 22.7 Å². The van der Waals surface area contributed by atoms with Gasteiger partial charge >= 0.3 is 0 Å². The van der Waals surface area contributed by atoms with Gasteiger partial charge in [-0.05, 0) is 72.1 Å². The number of fused-ring (bicyclic) bond motifs is 1. The lowest BCUT2D eigenvalue weighted by atomic mass is 10.1. The van der Waals surface area contributed by atoms with Crippen LogP contribution in [0.25, 0.3) is 10.8 Å². The molecule has 2 N–H and O–H groups in total. The lowest BCUT2D eigenvalue weighted by Gasteiger charge is -2.13. The lowest BCUT2D eigenvalue weighted by molar-refractivity contribution is -0.118. The van der Waals surface area contributed by atoms with E-state index in [2.05, 4.69) is 10.6 Å². The summed E-state index contributed by atoms with van der Waals surface area (Å²) in [4.78, 5) is 25.3. The number of carbonyl (C=O) groups excluding carboxylic acids is 2. The van der Waals surface area contributed by atoms with Gasteiger partial charge in [0, 0.05) is 5.69 Å². The Labute approximate surface area is 187 Å². The molecule has 0 unspecified atom stereocenters. The Kier molecular flexibility index (Phi) is 6.17. The Hall–Kier alpha value is -4.12. The fourth-order valence-electron chi connectivity index (χ4n) is 3.40. The number of rotatable bonds is 6. The second-order valence-corrected chi connectivity index (χ2v) is 7.64. The topological polar surface area (TPSA) is 67.4 Å². The van der Waals surface area contributed by atoms with Crippen molar-refractivity contribution in [3.8, 4) is 5.75 Å². The highest BCUT2D eigenvalue weighted by Crippen LogP contribution is 2.22. The van der Waals surface area contributed by atoms with Crippen LogP contribution < -0.4 is 15.4 Å². The third-order valence-electron chi connectivity index (χ3n) is 5.30. The molecule has 5 nitrogen and oxygen atoms in total. The van der Waals surface area contributed by atoms with Gasteiger partial charge in [-0.15, -0.1) is 0 Å². The molecule has 0 aliphatic carbocycles. The van der Waals surface area contributed by atoms with Gasteiger partial charge in [0.15, 0.2) is 6.61 Å². The van der Waals surface area contributed by atoms with Gasteiger partial charge in [-0.25, -0.2) is 0 Å². The molecule has 160 valence electrons. The number of amides is 2. The van der Waals surface area contributed by atoms with Gasteiger partial charge in [0.1, 0.15) is 5.75 Å². The first kappa shape index (κ1) is 21.1. The second-order valence-electron chi connectivity index (χ2n) is 7.64. The van der Waals surface area contributed by atoms with Crippen molar-refractivity contribution in [3.05, 3.63) is 102 Å². The van der Waals surface area contributed by atoms with Crippen LogP contribution in [0.3, 0.4) is 0 Å². The van der Waals surface area contributed by atoms with Crippen molar-refractivity contribution < 1.29 is 14.3 Å². The molecule has 4 rings (SSSR count). The smallest absolute Gasteiger partial charge is 0.262 e. The Bertz CT molecular complexity index is 1300. The first-order valence-electron chi connectivity index (χ1n) is 10.4. The molecular weight excluding hydrogens is 400 g/mol. The van der Waals surface area contributed by atoms with Gasteiger partial charge in [-0.3, -0.25) is 9.59 Å². The largest absolute Gasteiger partial charge is 0.484 e. The zero-order valence-electron chi connectivity index (χ0n) is 18.0. The van der Waals surface area contributed by atoms with Crippen molar-refractivity contribution in [3.63, 3.8) is 0 Å². The average Bonchev–Trinajstić information content (AvgIpc) is 2.80. The normalized spacial score (nSPS) is 10.6. The highest BCUT2D eigenvalue weighted by atomic mass is 16.5. The number of carbonyl (C=O) groups is 2. The molecule has 0 atom stereocenters. The molecule has 0 aromatic heterocycles. The van der Waals surface area contributed by atoms with Gasteiger partial charge < -0.3 is 15.4 Å². The molecule has 0 radical (unpaired) electrons. The van der Waals surface area contributed by atoms with E-state index in [1.165, 1.54) is 0 Å². The lowest BCUT2D eigenvalue weighted by Crippen LogP contribution is -2.22. The summed E-state index contributed by atoms with van der Waals surface area (Å²) < 4.78 is 5.66. The molecule has 0 aliphatic heterocycles. The Balaban J connectivity index is 1.41. The number of benzene rings is 4. The van der Waals surface area contributed by atoms with Crippen molar-refractivity contribution in [2.24, 2.45) is 0 Å². The summed E-state index contributed by atoms with van der Waals surface area (Å²) in [5.41, 5.74) is 3.77. The number of para-hydroxylation sites is 1. The van der Waals surface area contributed by atoms with E-state index in [-0.39, 0.29) is 18.4 Å². The predicted molar refractivity (Wildman–Crippen MR) is 128 cm³/mol. The minimum absolute atomic E-state index is 0.161. The van der Waals surface area contributed by atoms with Crippen molar-refractivity contribution in [2.45, 2.75) is 13.8 Å². The van der Waals surface area contributed by atoms with Crippen molar-refractivity contribution in [1.29, 1.82) is 0 Å². The minimum Gasteiger partial charge on any atom is -0.484 e. The van der Waals surface area contributed by atoms with Gasteiger partial charge in [-0.2, -0.15) is 0 Å². The van der Waals surface area contributed by atoms with Crippen molar-refractivity contribution in [1.82, 2.24) is 0 Å². The summed E-state index contributed by atoms with van der Waals surface area (Å²) in [5, 5.41) is 7.82. The standard InChI is InChI=1S/C27H24N2O3/c1-18-11-13-22(15-19(18)2)28-27(31)24-9-5-6-10-25(24)29-26(30)17-32-23-14-12-20-7-3-4-8-21(20)16-23/h3-16H,17H2,1-2H3,(H,28,31)(H,29,30). The summed E-state index contributed by atoms with van der Waals surface area (Å²) in [7, 11) is 0. The number of nitrogens with one attached hydrogen (secondary N) is 2. The molecule has 4 aromatic rings. The van der Waals surface area contributed by atoms with Crippen LogP contribution >= 0.6 is 0 Å². The van der Waals surface area contributed by atoms with Crippen LogP contribution in [0.1, 0.15) is 21.5 Å². The molecule has 0 spiro atoms. The number of anilines is 2. The summed E-state index contributed by atoms with van der Waals surface area (Å²) in [6.45, 7) is 3.85. The highest BCUT2D eigenvalue weighted by Gasteiger charge is 2.14. The van der Waals surface area contributed by atoms with Crippen LogP contribution in [-0.2, 0) is 4.79 Å². The SMILES string of the molecule is Cc1ccc(NC(=O)c2ccccc2NC(=O)COc2ccc3ccccc3c2)cc1C. The predicted octanol–water partition coefficient (Wildman–Crippen LogP) is 5.73. The summed E-state index contributed by atoms with van der Waals surface area (Å²) in [6, 6.07) is 26.3. The van der Waals surface area contributed by atoms with Crippen LogP contribution in [-0.4, -0.2) is 18.4 Å². The molecule has 5 heteroatoms. The summed E-state index contributed by atoms with van der Waals surface area (Å²) in [5.74, 6) is -0.0243. The molecule has 0 bridgehead atoms. The highest BCUT2D eigenvalue weighted by molar-refractivity contribution is 6.10. The fourth-order valence-corrected chi connectivity index (χ4v) is 3.40. The van der Waals surface area contributed by atoms with Crippen LogP contribution in [0.4, 0.5) is 11.4 Å². The van der Waals surface area contributed by atoms with Crippen LogP contribution in [0.15, 0.2) is 84.9 Å². The summed E-state index contributed by atoms with van der Waals surface area (Å²) in [6.07, 6.45) is 0. The maximum Gasteiger partial charge on any atom is 0.262 e. The first-order chi connectivity index (χ1) is 15.5. The van der Waals surface area contributed by atoms with E-state index < -0.39 is 0 Å². The van der Waals surface area contributed by atoms with Crippen LogP contribution in [0.5, 0.6) is 5.75 Å². The van der Waals surface area contributed by atoms with E-state index in [0.717, 1.165) is 21.9 Å². The van der Waals surface area contributed by atoms with E-state index in [4.69, 9.17) is 4.74 Å². The van der Waals surface area contributed by atoms with Gasteiger partial charge in [0.25, 0.3) is 11.8 Å². The monoisotopic (exact) mass is 424 g/mol. The molecule has 0 saturated carbocycles. The molecular formula is C27H24N2O3. The maximum atomic E-state index is 12.8.